The summed E-state index contributed by atoms with van der Waals surface area (Å²) in [6, 6.07) is 7.90. The molecule has 1 aliphatic heterocycles. The van der Waals surface area contributed by atoms with Crippen LogP contribution in [-0.4, -0.2) is 51.4 Å². The van der Waals surface area contributed by atoms with Crippen LogP contribution in [0.4, 0.5) is 10.6 Å². The normalized spacial score (nSPS) is 15.2. The molecule has 170 valence electrons. The minimum Gasteiger partial charge on any atom is -0.497 e. The SMILES string of the molecule is COc1cccc(-c2c(C3CCN(C(=O)OC(C)(C)C)CC3)c(Br)c3c(N)ncnn23)c1. The van der Waals surface area contributed by atoms with E-state index in [1.54, 1.807) is 12.0 Å². The van der Waals surface area contributed by atoms with E-state index in [0.717, 1.165) is 45.4 Å². The summed E-state index contributed by atoms with van der Waals surface area (Å²) < 4.78 is 13.7. The summed E-state index contributed by atoms with van der Waals surface area (Å²) in [5.41, 5.74) is 9.52. The van der Waals surface area contributed by atoms with Crippen molar-refractivity contribution in [2.24, 2.45) is 0 Å². The molecule has 1 amide bonds. The average Bonchev–Trinajstić information content (AvgIpc) is 3.06. The van der Waals surface area contributed by atoms with Crippen molar-refractivity contribution in [3.63, 3.8) is 0 Å². The van der Waals surface area contributed by atoms with Crippen LogP contribution in [0.25, 0.3) is 16.8 Å². The number of carbonyl (C=O) groups excluding carboxylic acids is 1. The number of hydrogen-bond donors (Lipinski definition) is 1. The van der Waals surface area contributed by atoms with Gasteiger partial charge in [0.15, 0.2) is 5.82 Å². The van der Waals surface area contributed by atoms with Crippen LogP contribution in [0.2, 0.25) is 0 Å². The van der Waals surface area contributed by atoms with E-state index in [9.17, 15) is 4.79 Å². The summed E-state index contributed by atoms with van der Waals surface area (Å²) in [5, 5.41) is 4.50. The maximum Gasteiger partial charge on any atom is 0.410 e. The molecular formula is C23H28BrN5O3. The number of amides is 1. The summed E-state index contributed by atoms with van der Waals surface area (Å²) in [6.45, 7) is 6.89. The molecule has 1 saturated heterocycles. The second-order valence-corrected chi connectivity index (χ2v) is 9.75. The van der Waals surface area contributed by atoms with Crippen molar-refractivity contribution in [3.8, 4) is 17.0 Å². The quantitative estimate of drug-likeness (QED) is 0.550. The lowest BCUT2D eigenvalue weighted by molar-refractivity contribution is 0.0205. The predicted molar refractivity (Wildman–Crippen MR) is 127 cm³/mol. The van der Waals surface area contributed by atoms with Crippen LogP contribution in [0.3, 0.4) is 0 Å². The molecule has 32 heavy (non-hydrogen) atoms. The summed E-state index contributed by atoms with van der Waals surface area (Å²) in [5.74, 6) is 1.39. The fourth-order valence-corrected chi connectivity index (χ4v) is 5.07. The van der Waals surface area contributed by atoms with Gasteiger partial charge in [-0.15, -0.1) is 0 Å². The standard InChI is InChI=1S/C23H28BrN5O3/c1-23(2,3)32-22(30)28-10-8-14(9-11-28)17-18(24)20-21(25)26-13-27-29(20)19(17)15-6-5-7-16(12-15)31-4/h5-7,12-14H,8-11H2,1-4H3,(H2,25,26,27). The first-order valence-corrected chi connectivity index (χ1v) is 11.4. The fraction of sp³-hybridized carbons (Fsp3) is 0.435. The van der Waals surface area contributed by atoms with Crippen molar-refractivity contribution in [1.82, 2.24) is 19.5 Å². The molecule has 0 unspecified atom stereocenters. The molecular weight excluding hydrogens is 474 g/mol. The van der Waals surface area contributed by atoms with E-state index in [2.05, 4.69) is 26.0 Å². The number of nitrogen functional groups attached to an aromatic ring is 1. The molecule has 0 saturated carbocycles. The molecule has 3 heterocycles. The number of fused-ring (bicyclic) bond motifs is 1. The maximum absolute atomic E-state index is 12.5. The monoisotopic (exact) mass is 501 g/mol. The van der Waals surface area contributed by atoms with Gasteiger partial charge in [-0.1, -0.05) is 12.1 Å². The summed E-state index contributed by atoms with van der Waals surface area (Å²) in [7, 11) is 1.65. The van der Waals surface area contributed by atoms with Crippen LogP contribution < -0.4 is 10.5 Å². The molecule has 2 aromatic heterocycles. The number of carbonyl (C=O) groups is 1. The number of ether oxygens (including phenoxy) is 2. The van der Waals surface area contributed by atoms with Gasteiger partial charge in [0.2, 0.25) is 0 Å². The number of nitrogens with zero attached hydrogens (tertiary/aromatic N) is 4. The van der Waals surface area contributed by atoms with Crippen molar-refractivity contribution >= 4 is 33.4 Å². The van der Waals surface area contributed by atoms with E-state index in [4.69, 9.17) is 15.2 Å². The Morgan fingerprint density at radius 1 is 1.25 bits per heavy atom. The minimum atomic E-state index is -0.507. The topological polar surface area (TPSA) is 95.0 Å². The van der Waals surface area contributed by atoms with Gasteiger partial charge in [-0.3, -0.25) is 0 Å². The largest absolute Gasteiger partial charge is 0.497 e. The molecule has 1 aliphatic rings. The highest BCUT2D eigenvalue weighted by atomic mass is 79.9. The van der Waals surface area contributed by atoms with E-state index in [1.807, 2.05) is 49.6 Å². The Balaban J connectivity index is 1.73. The van der Waals surface area contributed by atoms with Crippen molar-refractivity contribution < 1.29 is 14.3 Å². The van der Waals surface area contributed by atoms with Crippen LogP contribution in [-0.2, 0) is 4.74 Å². The van der Waals surface area contributed by atoms with Crippen LogP contribution >= 0.6 is 15.9 Å². The van der Waals surface area contributed by atoms with Gasteiger partial charge >= 0.3 is 6.09 Å². The van der Waals surface area contributed by atoms with Crippen LogP contribution in [0.1, 0.15) is 45.1 Å². The van der Waals surface area contributed by atoms with Crippen molar-refractivity contribution in [2.45, 2.75) is 45.1 Å². The molecule has 0 aliphatic carbocycles. The average molecular weight is 502 g/mol. The zero-order valence-electron chi connectivity index (χ0n) is 18.8. The minimum absolute atomic E-state index is 0.213. The molecule has 8 nitrogen and oxygen atoms in total. The number of piperidine rings is 1. The van der Waals surface area contributed by atoms with E-state index in [1.165, 1.54) is 6.33 Å². The molecule has 0 bridgehead atoms. The summed E-state index contributed by atoms with van der Waals surface area (Å²) in [4.78, 5) is 18.5. The molecule has 0 spiro atoms. The molecule has 9 heteroatoms. The highest BCUT2D eigenvalue weighted by Gasteiger charge is 2.32. The zero-order chi connectivity index (χ0) is 23.0. The van der Waals surface area contributed by atoms with Crippen molar-refractivity contribution in [2.75, 3.05) is 25.9 Å². The second-order valence-electron chi connectivity index (χ2n) is 8.96. The number of halogens is 1. The van der Waals surface area contributed by atoms with Crippen molar-refractivity contribution in [1.29, 1.82) is 0 Å². The summed E-state index contributed by atoms with van der Waals surface area (Å²) >= 11 is 3.79. The lowest BCUT2D eigenvalue weighted by Gasteiger charge is -2.33. The second kappa shape index (κ2) is 8.61. The first-order chi connectivity index (χ1) is 15.2. The van der Waals surface area contributed by atoms with Gasteiger partial charge in [0, 0.05) is 18.7 Å². The number of hydrogen-bond acceptors (Lipinski definition) is 6. The number of methoxy groups -OCH3 is 1. The number of rotatable bonds is 3. The Hall–Kier alpha value is -2.81. The number of nitrogens with two attached hydrogens (primary N) is 1. The fourth-order valence-electron chi connectivity index (χ4n) is 4.19. The predicted octanol–water partition coefficient (Wildman–Crippen LogP) is 4.86. The molecule has 2 N–H and O–H groups in total. The smallest absolute Gasteiger partial charge is 0.410 e. The molecule has 1 fully saturated rings. The molecule has 3 aromatic rings. The number of aromatic nitrogens is 3. The van der Waals surface area contributed by atoms with Gasteiger partial charge in [0.25, 0.3) is 0 Å². The molecule has 4 rings (SSSR count). The Kier molecular flexibility index (Phi) is 6.03. The molecule has 0 radical (unpaired) electrons. The third-order valence-electron chi connectivity index (χ3n) is 5.63. The lowest BCUT2D eigenvalue weighted by Crippen LogP contribution is -2.41. The third kappa shape index (κ3) is 4.26. The van der Waals surface area contributed by atoms with Crippen molar-refractivity contribution in [3.05, 3.63) is 40.6 Å². The van der Waals surface area contributed by atoms with Gasteiger partial charge in [-0.25, -0.2) is 14.3 Å². The van der Waals surface area contributed by atoms with Gasteiger partial charge in [-0.05, 0) is 73.2 Å². The Labute approximate surface area is 195 Å². The van der Waals surface area contributed by atoms with E-state index in [0.29, 0.717) is 18.9 Å². The Morgan fingerprint density at radius 3 is 2.62 bits per heavy atom. The van der Waals surface area contributed by atoms with Gasteiger partial charge in [-0.2, -0.15) is 5.10 Å². The van der Waals surface area contributed by atoms with Crippen LogP contribution in [0.15, 0.2) is 35.1 Å². The first-order valence-electron chi connectivity index (χ1n) is 10.6. The van der Waals surface area contributed by atoms with Crippen LogP contribution in [0.5, 0.6) is 5.75 Å². The van der Waals surface area contributed by atoms with E-state index < -0.39 is 5.60 Å². The molecule has 0 atom stereocenters. The first kappa shape index (κ1) is 22.4. The zero-order valence-corrected chi connectivity index (χ0v) is 20.3. The number of benzene rings is 1. The van der Waals surface area contributed by atoms with Gasteiger partial charge in [0.1, 0.15) is 23.2 Å². The maximum atomic E-state index is 12.5. The molecule has 1 aromatic carbocycles. The van der Waals surface area contributed by atoms with Gasteiger partial charge < -0.3 is 20.1 Å². The highest BCUT2D eigenvalue weighted by Crippen LogP contribution is 2.44. The summed E-state index contributed by atoms with van der Waals surface area (Å²) in [6.07, 6.45) is 2.81. The highest BCUT2D eigenvalue weighted by molar-refractivity contribution is 9.10. The van der Waals surface area contributed by atoms with Gasteiger partial charge in [0.05, 0.1) is 17.3 Å². The number of likely N-dealkylation sites (tertiary alicyclic amines) is 1. The van der Waals surface area contributed by atoms with E-state index in [-0.39, 0.29) is 12.0 Å². The Bertz CT molecular complexity index is 1150. The lowest BCUT2D eigenvalue weighted by atomic mass is 9.88. The number of anilines is 1. The third-order valence-corrected chi connectivity index (χ3v) is 6.43. The van der Waals surface area contributed by atoms with Crippen LogP contribution in [0, 0.1) is 0 Å². The van der Waals surface area contributed by atoms with E-state index >= 15 is 0 Å². The Morgan fingerprint density at radius 2 is 1.97 bits per heavy atom.